The first-order valence-corrected chi connectivity index (χ1v) is 11.7. The molecule has 1 aromatic heterocycles. The van der Waals surface area contributed by atoms with Crippen LogP contribution in [0.5, 0.6) is 11.5 Å². The number of carbonyl (C=O) groups is 3. The van der Waals surface area contributed by atoms with Crippen molar-refractivity contribution in [2.75, 3.05) is 12.4 Å². The lowest BCUT2D eigenvalue weighted by molar-refractivity contribution is -0.136. The molecule has 0 fully saturated rings. The molecule has 0 saturated carbocycles. The Morgan fingerprint density at radius 2 is 1.56 bits per heavy atom. The molecular formula is C28H25N5O6. The molecule has 4 aromatic rings. The molecule has 1 heterocycles. The molecule has 4 rings (SSSR count). The summed E-state index contributed by atoms with van der Waals surface area (Å²) in [5.74, 6) is -2.20. The van der Waals surface area contributed by atoms with Crippen LogP contribution < -0.4 is 25.8 Å². The number of amides is 2. The summed E-state index contributed by atoms with van der Waals surface area (Å²) in [6.45, 7) is 1.65. The summed E-state index contributed by atoms with van der Waals surface area (Å²) in [7, 11) is 3.09. The Balaban J connectivity index is 1.40. The lowest BCUT2D eigenvalue weighted by Gasteiger charge is -2.10. The van der Waals surface area contributed by atoms with Crippen molar-refractivity contribution >= 4 is 29.7 Å². The summed E-state index contributed by atoms with van der Waals surface area (Å²) in [4.78, 5) is 50.0. The molecule has 0 atom stereocenters. The zero-order valence-corrected chi connectivity index (χ0v) is 21.4. The van der Waals surface area contributed by atoms with Gasteiger partial charge in [-0.05, 0) is 55.0 Å². The van der Waals surface area contributed by atoms with E-state index >= 15 is 0 Å². The van der Waals surface area contributed by atoms with Crippen molar-refractivity contribution < 1.29 is 23.9 Å². The van der Waals surface area contributed by atoms with Crippen molar-refractivity contribution in [2.24, 2.45) is 12.1 Å². The van der Waals surface area contributed by atoms with E-state index in [1.54, 1.807) is 85.4 Å². The standard InChI is InChI=1S/C28H25N5O6/c1-18-24(27(36)33(32(18)2)21-12-8-5-9-13-21)30-25(34)26(35)31-29-17-19-14-15-22(23(16-19)38-3)39-28(37)20-10-6-4-7-11-20/h4-17H,1-3H3,(H,30,34)(H,31,35). The Morgan fingerprint density at radius 1 is 0.897 bits per heavy atom. The molecule has 11 nitrogen and oxygen atoms in total. The minimum atomic E-state index is -1.07. The summed E-state index contributed by atoms with van der Waals surface area (Å²) in [6.07, 6.45) is 1.28. The molecule has 0 aliphatic heterocycles. The van der Waals surface area contributed by atoms with Gasteiger partial charge in [0.2, 0.25) is 0 Å². The largest absolute Gasteiger partial charge is 0.493 e. The van der Waals surface area contributed by atoms with E-state index in [0.29, 0.717) is 22.5 Å². The molecule has 0 aliphatic carbocycles. The number of hydrazone groups is 1. The quantitative estimate of drug-likeness (QED) is 0.125. The minimum Gasteiger partial charge on any atom is -0.493 e. The van der Waals surface area contributed by atoms with Gasteiger partial charge in [-0.1, -0.05) is 36.4 Å². The van der Waals surface area contributed by atoms with Crippen LogP contribution in [0.25, 0.3) is 5.69 Å². The fourth-order valence-electron chi connectivity index (χ4n) is 3.68. The number of anilines is 1. The van der Waals surface area contributed by atoms with Crippen LogP contribution in [0, 0.1) is 6.92 Å². The summed E-state index contributed by atoms with van der Waals surface area (Å²) >= 11 is 0. The fourth-order valence-corrected chi connectivity index (χ4v) is 3.68. The van der Waals surface area contributed by atoms with Crippen molar-refractivity contribution in [1.82, 2.24) is 14.8 Å². The van der Waals surface area contributed by atoms with Crippen LogP contribution in [0.2, 0.25) is 0 Å². The van der Waals surface area contributed by atoms with Gasteiger partial charge in [0, 0.05) is 7.05 Å². The van der Waals surface area contributed by atoms with E-state index in [9.17, 15) is 19.2 Å². The maximum Gasteiger partial charge on any atom is 0.343 e. The van der Waals surface area contributed by atoms with Crippen LogP contribution in [-0.2, 0) is 16.6 Å². The number of hydrogen-bond acceptors (Lipinski definition) is 7. The van der Waals surface area contributed by atoms with E-state index in [-0.39, 0.29) is 17.2 Å². The molecule has 198 valence electrons. The molecule has 0 saturated heterocycles. The zero-order valence-electron chi connectivity index (χ0n) is 21.4. The minimum absolute atomic E-state index is 0.0177. The highest BCUT2D eigenvalue weighted by atomic mass is 16.6. The van der Waals surface area contributed by atoms with Crippen LogP contribution >= 0.6 is 0 Å². The second-order valence-electron chi connectivity index (χ2n) is 8.26. The Kier molecular flexibility index (Phi) is 8.00. The van der Waals surface area contributed by atoms with E-state index in [4.69, 9.17) is 9.47 Å². The Hall–Kier alpha value is -5.45. The van der Waals surface area contributed by atoms with E-state index in [2.05, 4.69) is 15.8 Å². The number of nitrogens with one attached hydrogen (secondary N) is 2. The normalized spacial score (nSPS) is 10.7. The predicted molar refractivity (Wildman–Crippen MR) is 145 cm³/mol. The number of carbonyl (C=O) groups excluding carboxylic acids is 3. The number of esters is 1. The fraction of sp³-hybridized carbons (Fsp3) is 0.107. The van der Waals surface area contributed by atoms with Crippen LogP contribution in [0.4, 0.5) is 5.69 Å². The molecule has 2 N–H and O–H groups in total. The van der Waals surface area contributed by atoms with Crippen LogP contribution in [-0.4, -0.2) is 40.5 Å². The first-order chi connectivity index (χ1) is 18.8. The van der Waals surface area contributed by atoms with Crippen molar-refractivity contribution in [3.8, 4) is 17.2 Å². The summed E-state index contributed by atoms with van der Waals surface area (Å²) in [5.41, 5.74) is 3.59. The number of rotatable bonds is 7. The predicted octanol–water partition coefficient (Wildman–Crippen LogP) is 2.80. The number of methoxy groups -OCH3 is 1. The lowest BCUT2D eigenvalue weighted by Crippen LogP contribution is -2.34. The molecule has 39 heavy (non-hydrogen) atoms. The smallest absolute Gasteiger partial charge is 0.343 e. The van der Waals surface area contributed by atoms with E-state index in [1.165, 1.54) is 24.1 Å². The molecule has 2 amide bonds. The average Bonchev–Trinajstić information content (AvgIpc) is 3.17. The molecule has 0 radical (unpaired) electrons. The average molecular weight is 528 g/mol. The molecule has 0 unspecified atom stereocenters. The number of hydrogen-bond donors (Lipinski definition) is 2. The third-order valence-corrected chi connectivity index (χ3v) is 5.78. The monoisotopic (exact) mass is 527 g/mol. The van der Waals surface area contributed by atoms with Crippen molar-refractivity contribution in [3.05, 3.63) is 106 Å². The summed E-state index contributed by atoms with van der Waals surface area (Å²) in [5, 5.41) is 6.16. The van der Waals surface area contributed by atoms with E-state index in [0.717, 1.165) is 0 Å². The van der Waals surface area contributed by atoms with Gasteiger partial charge in [-0.2, -0.15) is 5.10 Å². The van der Waals surface area contributed by atoms with E-state index in [1.807, 2.05) is 6.07 Å². The van der Waals surface area contributed by atoms with Crippen molar-refractivity contribution in [3.63, 3.8) is 0 Å². The van der Waals surface area contributed by atoms with Crippen molar-refractivity contribution in [1.29, 1.82) is 0 Å². The Bertz CT molecular complexity index is 1610. The van der Waals surface area contributed by atoms with Gasteiger partial charge in [0.1, 0.15) is 5.69 Å². The molecule has 0 spiro atoms. The SMILES string of the molecule is COc1cc(C=NNC(=O)C(=O)Nc2c(C)n(C)n(-c3ccccc3)c2=O)ccc1OC(=O)c1ccccc1. The van der Waals surface area contributed by atoms with Crippen LogP contribution in [0.3, 0.4) is 0 Å². The summed E-state index contributed by atoms with van der Waals surface area (Å²) < 4.78 is 13.7. The Morgan fingerprint density at radius 3 is 2.23 bits per heavy atom. The molecule has 0 aliphatic rings. The second-order valence-corrected chi connectivity index (χ2v) is 8.26. The van der Waals surface area contributed by atoms with Gasteiger partial charge in [0.25, 0.3) is 5.56 Å². The molecule has 11 heteroatoms. The highest BCUT2D eigenvalue weighted by Gasteiger charge is 2.21. The molecular weight excluding hydrogens is 502 g/mol. The van der Waals surface area contributed by atoms with Gasteiger partial charge in [-0.25, -0.2) is 14.9 Å². The summed E-state index contributed by atoms with van der Waals surface area (Å²) in [6, 6.07) is 22.1. The maximum absolute atomic E-state index is 12.9. The number of aromatic nitrogens is 2. The van der Waals surface area contributed by atoms with Gasteiger partial charge in [-0.15, -0.1) is 0 Å². The Labute approximate surface area is 223 Å². The lowest BCUT2D eigenvalue weighted by atomic mass is 10.2. The highest BCUT2D eigenvalue weighted by Crippen LogP contribution is 2.28. The third-order valence-electron chi connectivity index (χ3n) is 5.78. The molecule has 0 bridgehead atoms. The first-order valence-electron chi connectivity index (χ1n) is 11.7. The second kappa shape index (κ2) is 11.7. The number of benzene rings is 3. The number of ether oxygens (including phenoxy) is 2. The topological polar surface area (TPSA) is 133 Å². The van der Waals surface area contributed by atoms with Crippen LogP contribution in [0.1, 0.15) is 21.6 Å². The zero-order chi connectivity index (χ0) is 27.9. The molecule has 3 aromatic carbocycles. The van der Waals surface area contributed by atoms with Gasteiger partial charge in [-0.3, -0.25) is 19.1 Å². The first kappa shape index (κ1) is 26.6. The van der Waals surface area contributed by atoms with Gasteiger partial charge in [0.05, 0.1) is 30.3 Å². The number of nitrogens with zero attached hydrogens (tertiary/aromatic N) is 3. The van der Waals surface area contributed by atoms with Crippen molar-refractivity contribution in [2.45, 2.75) is 6.92 Å². The van der Waals surface area contributed by atoms with Gasteiger partial charge < -0.3 is 14.8 Å². The highest BCUT2D eigenvalue weighted by molar-refractivity contribution is 6.39. The van der Waals surface area contributed by atoms with Gasteiger partial charge in [0.15, 0.2) is 11.5 Å². The maximum atomic E-state index is 12.9. The van der Waals surface area contributed by atoms with E-state index < -0.39 is 23.3 Å². The number of para-hydroxylation sites is 1. The van der Waals surface area contributed by atoms with Gasteiger partial charge >= 0.3 is 17.8 Å². The third kappa shape index (κ3) is 5.93. The van der Waals surface area contributed by atoms with Crippen LogP contribution in [0.15, 0.2) is 88.8 Å².